The standard InChI is InChI=1S/C58H41NO/c1-57(2)51-25-12-9-20-45(51)47-34-32-43(37-54(47)57)59(41-30-28-38(29-31-41)44-23-15-24-49-48-22-11-14-27-55(48)60-56(44)49)42-33-35-53-50(36-42)46-21-10-13-26-52(46)58(53,39-16-5-3-6-17-39)40-18-7-4-8-19-40/h3-37H,1-2H3. The van der Waals surface area contributed by atoms with Gasteiger partial charge in [0.2, 0.25) is 0 Å². The molecule has 0 amide bonds. The maximum atomic E-state index is 6.48. The first-order valence-corrected chi connectivity index (χ1v) is 20.9. The number of anilines is 3. The van der Waals surface area contributed by atoms with Crippen LogP contribution in [0.3, 0.4) is 0 Å². The molecule has 60 heavy (non-hydrogen) atoms. The van der Waals surface area contributed by atoms with Crippen molar-refractivity contribution in [1.82, 2.24) is 0 Å². The van der Waals surface area contributed by atoms with E-state index in [-0.39, 0.29) is 5.41 Å². The third-order valence-electron chi connectivity index (χ3n) is 13.4. The van der Waals surface area contributed by atoms with Gasteiger partial charge in [0, 0.05) is 38.8 Å². The van der Waals surface area contributed by atoms with E-state index in [9.17, 15) is 0 Å². The van der Waals surface area contributed by atoms with E-state index < -0.39 is 5.41 Å². The average Bonchev–Trinajstić information content (AvgIpc) is 3.91. The van der Waals surface area contributed by atoms with E-state index in [1.54, 1.807) is 0 Å². The highest BCUT2D eigenvalue weighted by Gasteiger charge is 2.46. The van der Waals surface area contributed by atoms with Crippen LogP contribution in [0.5, 0.6) is 0 Å². The van der Waals surface area contributed by atoms with Gasteiger partial charge in [-0.15, -0.1) is 0 Å². The van der Waals surface area contributed by atoms with Gasteiger partial charge in [-0.2, -0.15) is 0 Å². The summed E-state index contributed by atoms with van der Waals surface area (Å²) in [5, 5.41) is 2.27. The zero-order valence-corrected chi connectivity index (χ0v) is 33.6. The summed E-state index contributed by atoms with van der Waals surface area (Å²) in [7, 11) is 0. The van der Waals surface area contributed by atoms with Crippen molar-refractivity contribution in [2.75, 3.05) is 4.90 Å². The average molecular weight is 768 g/mol. The molecule has 1 aromatic heterocycles. The van der Waals surface area contributed by atoms with Crippen LogP contribution in [-0.4, -0.2) is 0 Å². The van der Waals surface area contributed by atoms with Gasteiger partial charge in [-0.25, -0.2) is 0 Å². The summed E-state index contributed by atoms with van der Waals surface area (Å²) in [5.41, 5.74) is 19.8. The maximum absolute atomic E-state index is 6.48. The van der Waals surface area contributed by atoms with Gasteiger partial charge < -0.3 is 9.32 Å². The van der Waals surface area contributed by atoms with E-state index in [2.05, 4.69) is 225 Å². The van der Waals surface area contributed by atoms with Crippen LogP contribution in [0.15, 0.2) is 217 Å². The Kier molecular flexibility index (Phi) is 7.52. The lowest BCUT2D eigenvalue weighted by atomic mass is 9.68. The normalized spacial score (nSPS) is 14.1. The number of fused-ring (bicyclic) bond motifs is 9. The molecule has 10 aromatic rings. The summed E-state index contributed by atoms with van der Waals surface area (Å²) < 4.78 is 6.48. The van der Waals surface area contributed by atoms with Crippen LogP contribution >= 0.6 is 0 Å². The summed E-state index contributed by atoms with van der Waals surface area (Å²) in [6.07, 6.45) is 0. The van der Waals surface area contributed by atoms with Crippen molar-refractivity contribution < 1.29 is 4.42 Å². The first kappa shape index (κ1) is 34.6. The van der Waals surface area contributed by atoms with Crippen molar-refractivity contribution in [1.29, 1.82) is 0 Å². The number of furan rings is 1. The Balaban J connectivity index is 1.06. The summed E-state index contributed by atoms with van der Waals surface area (Å²) in [5.74, 6) is 0. The van der Waals surface area contributed by atoms with E-state index in [0.717, 1.165) is 50.1 Å². The molecule has 0 radical (unpaired) electrons. The molecule has 2 heteroatoms. The first-order valence-electron chi connectivity index (χ1n) is 20.9. The molecule has 0 N–H and O–H groups in total. The lowest BCUT2D eigenvalue weighted by Crippen LogP contribution is -2.28. The van der Waals surface area contributed by atoms with Crippen LogP contribution in [0, 0.1) is 0 Å². The second-order valence-corrected chi connectivity index (χ2v) is 16.8. The highest BCUT2D eigenvalue weighted by atomic mass is 16.3. The van der Waals surface area contributed by atoms with Crippen molar-refractivity contribution in [3.05, 3.63) is 246 Å². The molecule has 9 aromatic carbocycles. The molecule has 2 aliphatic rings. The third kappa shape index (κ3) is 4.88. The number of benzene rings is 9. The van der Waals surface area contributed by atoms with E-state index in [4.69, 9.17) is 4.42 Å². The number of nitrogens with zero attached hydrogens (tertiary/aromatic N) is 1. The van der Waals surface area contributed by atoms with Gasteiger partial charge in [0.05, 0.1) is 5.41 Å². The van der Waals surface area contributed by atoms with Crippen LogP contribution in [0.2, 0.25) is 0 Å². The largest absolute Gasteiger partial charge is 0.455 e. The fourth-order valence-electron chi connectivity index (χ4n) is 10.6. The third-order valence-corrected chi connectivity index (χ3v) is 13.4. The lowest BCUT2D eigenvalue weighted by molar-refractivity contribution is 0.660. The molecule has 1 heterocycles. The lowest BCUT2D eigenvalue weighted by Gasteiger charge is -2.34. The zero-order chi connectivity index (χ0) is 40.0. The Morgan fingerprint density at radius 2 is 0.900 bits per heavy atom. The quantitative estimate of drug-likeness (QED) is 0.168. The van der Waals surface area contributed by atoms with Gasteiger partial charge in [0.1, 0.15) is 11.2 Å². The Labute approximate surface area is 350 Å². The Hall–Kier alpha value is -7.42. The Morgan fingerprint density at radius 1 is 0.367 bits per heavy atom. The summed E-state index contributed by atoms with van der Waals surface area (Å²) in [4.78, 5) is 2.44. The molecule has 0 saturated heterocycles. The minimum Gasteiger partial charge on any atom is -0.455 e. The monoisotopic (exact) mass is 767 g/mol. The van der Waals surface area contributed by atoms with Gasteiger partial charge in [-0.05, 0) is 104 Å². The molecular weight excluding hydrogens is 727 g/mol. The van der Waals surface area contributed by atoms with Crippen LogP contribution in [0.1, 0.15) is 47.2 Å². The van der Waals surface area contributed by atoms with Gasteiger partial charge in [0.25, 0.3) is 0 Å². The van der Waals surface area contributed by atoms with Gasteiger partial charge in [-0.3, -0.25) is 0 Å². The van der Waals surface area contributed by atoms with Crippen LogP contribution in [0.4, 0.5) is 17.1 Å². The topological polar surface area (TPSA) is 16.4 Å². The van der Waals surface area contributed by atoms with E-state index in [0.29, 0.717) is 0 Å². The molecule has 0 bridgehead atoms. The predicted molar refractivity (Wildman–Crippen MR) is 249 cm³/mol. The minimum atomic E-state index is -0.458. The highest BCUT2D eigenvalue weighted by Crippen LogP contribution is 2.57. The molecular formula is C58H41NO. The van der Waals surface area contributed by atoms with E-state index >= 15 is 0 Å². The summed E-state index contributed by atoms with van der Waals surface area (Å²) in [6, 6.07) is 78.0. The van der Waals surface area contributed by atoms with Crippen molar-refractivity contribution in [2.45, 2.75) is 24.7 Å². The SMILES string of the molecule is CC1(C)c2ccccc2-c2ccc(N(c3ccc(-c4cccc5c4oc4ccccc45)cc3)c3ccc4c(c3)-c3ccccc3C4(c3ccccc3)c3ccccc3)cc21. The molecule has 0 unspecified atom stereocenters. The first-order chi connectivity index (χ1) is 29.5. The van der Waals surface area contributed by atoms with Gasteiger partial charge in [0.15, 0.2) is 0 Å². The summed E-state index contributed by atoms with van der Waals surface area (Å²) >= 11 is 0. The smallest absolute Gasteiger partial charge is 0.143 e. The van der Waals surface area contributed by atoms with Crippen LogP contribution < -0.4 is 4.90 Å². The Morgan fingerprint density at radius 3 is 1.65 bits per heavy atom. The van der Waals surface area contributed by atoms with Crippen LogP contribution in [-0.2, 0) is 10.8 Å². The highest BCUT2D eigenvalue weighted by molar-refractivity contribution is 6.09. The number of hydrogen-bond donors (Lipinski definition) is 0. The number of para-hydroxylation sites is 2. The second kappa shape index (κ2) is 13.0. The van der Waals surface area contributed by atoms with Crippen molar-refractivity contribution in [3.63, 3.8) is 0 Å². The predicted octanol–water partition coefficient (Wildman–Crippen LogP) is 15.4. The molecule has 0 fully saturated rings. The molecule has 2 nitrogen and oxygen atoms in total. The molecule has 284 valence electrons. The minimum absolute atomic E-state index is 0.134. The Bertz CT molecular complexity index is 3240. The number of hydrogen-bond acceptors (Lipinski definition) is 2. The molecule has 0 aliphatic heterocycles. The van der Waals surface area contributed by atoms with Gasteiger partial charge in [-0.1, -0.05) is 184 Å². The molecule has 0 saturated carbocycles. The molecule has 0 atom stereocenters. The summed E-state index contributed by atoms with van der Waals surface area (Å²) in [6.45, 7) is 4.72. The fraction of sp³-hybridized carbons (Fsp3) is 0.0690. The number of rotatable bonds is 6. The van der Waals surface area contributed by atoms with Crippen molar-refractivity contribution in [2.24, 2.45) is 0 Å². The molecule has 2 aliphatic carbocycles. The van der Waals surface area contributed by atoms with Crippen molar-refractivity contribution >= 4 is 39.0 Å². The van der Waals surface area contributed by atoms with Crippen LogP contribution in [0.25, 0.3) is 55.3 Å². The van der Waals surface area contributed by atoms with E-state index in [1.165, 1.54) is 55.6 Å². The maximum Gasteiger partial charge on any atom is 0.143 e. The molecule has 12 rings (SSSR count). The van der Waals surface area contributed by atoms with Crippen molar-refractivity contribution in [3.8, 4) is 33.4 Å². The second-order valence-electron chi connectivity index (χ2n) is 16.8. The zero-order valence-electron chi connectivity index (χ0n) is 33.6. The van der Waals surface area contributed by atoms with Gasteiger partial charge >= 0.3 is 0 Å². The van der Waals surface area contributed by atoms with E-state index in [1.807, 2.05) is 6.07 Å². The fourth-order valence-corrected chi connectivity index (χ4v) is 10.6. The molecule has 0 spiro atoms.